The molecule has 0 saturated heterocycles. The molecule has 4 aromatic rings. The fraction of sp³-hybridized carbons (Fsp3) is 0.222. The van der Waals surface area contributed by atoms with Crippen molar-refractivity contribution in [1.29, 1.82) is 0 Å². The minimum absolute atomic E-state index is 0.341. The summed E-state index contributed by atoms with van der Waals surface area (Å²) in [6.07, 6.45) is -3.05. The van der Waals surface area contributed by atoms with Gasteiger partial charge in [0.15, 0.2) is 0 Å². The Hall–Kier alpha value is -3.81. The first kappa shape index (κ1) is 24.3. The first-order valence-corrected chi connectivity index (χ1v) is 11.2. The van der Waals surface area contributed by atoms with Gasteiger partial charge in [-0.25, -0.2) is 9.18 Å². The molecule has 35 heavy (non-hydrogen) atoms. The van der Waals surface area contributed by atoms with Crippen LogP contribution in [0.3, 0.4) is 0 Å². The van der Waals surface area contributed by atoms with E-state index in [2.05, 4.69) is 0 Å². The highest BCUT2D eigenvalue weighted by molar-refractivity contribution is 5.99. The fourth-order valence-electron chi connectivity index (χ4n) is 4.03. The third kappa shape index (κ3) is 5.16. The first-order chi connectivity index (χ1) is 16.7. The molecule has 1 heterocycles. The average molecular weight is 484 g/mol. The summed E-state index contributed by atoms with van der Waals surface area (Å²) in [5.41, 5.74) is 2.11. The maximum absolute atomic E-state index is 13.6. The van der Waals surface area contributed by atoms with Gasteiger partial charge in [-0.05, 0) is 67.4 Å². The Morgan fingerprint density at radius 3 is 2.17 bits per heavy atom. The molecule has 0 aliphatic carbocycles. The molecule has 3 aromatic carbocycles. The van der Waals surface area contributed by atoms with Gasteiger partial charge in [0.25, 0.3) is 0 Å². The molecule has 0 radical (unpaired) electrons. The summed E-state index contributed by atoms with van der Waals surface area (Å²) >= 11 is 0. The zero-order chi connectivity index (χ0) is 25.2. The number of amides is 1. The minimum atomic E-state index is -4.39. The molecule has 1 amide bonds. The van der Waals surface area contributed by atoms with E-state index >= 15 is 0 Å². The summed E-state index contributed by atoms with van der Waals surface area (Å²) in [4.78, 5) is 14.2. The van der Waals surface area contributed by atoms with Crippen molar-refractivity contribution in [3.8, 4) is 16.9 Å². The number of aromatic nitrogens is 1. The molecule has 0 spiro atoms. The monoisotopic (exact) mass is 484 g/mol. The van der Waals surface area contributed by atoms with Crippen LogP contribution in [0.2, 0.25) is 0 Å². The SMILES string of the molecule is CCN(CC)C(=O)Oc1ccc2c(ccn2Cc2ccc(C(F)(F)F)cc2)c1-c1ccc(F)cc1. The van der Waals surface area contributed by atoms with E-state index < -0.39 is 17.8 Å². The normalized spacial score (nSPS) is 11.6. The highest BCUT2D eigenvalue weighted by Gasteiger charge is 2.30. The highest BCUT2D eigenvalue weighted by Crippen LogP contribution is 2.38. The van der Waals surface area contributed by atoms with E-state index in [0.717, 1.165) is 23.0 Å². The van der Waals surface area contributed by atoms with Crippen molar-refractivity contribution in [3.63, 3.8) is 0 Å². The number of carbonyl (C=O) groups excluding carboxylic acids is 1. The quantitative estimate of drug-likeness (QED) is 0.268. The van der Waals surface area contributed by atoms with Crippen LogP contribution in [0.5, 0.6) is 5.75 Å². The largest absolute Gasteiger partial charge is 0.416 e. The number of fused-ring (bicyclic) bond motifs is 1. The third-order valence-electron chi connectivity index (χ3n) is 5.90. The topological polar surface area (TPSA) is 34.5 Å². The van der Waals surface area contributed by atoms with Crippen LogP contribution in [-0.2, 0) is 12.7 Å². The van der Waals surface area contributed by atoms with Gasteiger partial charge in [-0.1, -0.05) is 24.3 Å². The number of benzene rings is 3. The lowest BCUT2D eigenvalue weighted by Crippen LogP contribution is -2.33. The lowest BCUT2D eigenvalue weighted by Gasteiger charge is -2.20. The lowest BCUT2D eigenvalue weighted by molar-refractivity contribution is -0.137. The smallest absolute Gasteiger partial charge is 0.410 e. The van der Waals surface area contributed by atoms with Gasteiger partial charge in [-0.2, -0.15) is 13.2 Å². The Morgan fingerprint density at radius 2 is 1.57 bits per heavy atom. The van der Waals surface area contributed by atoms with Gasteiger partial charge in [-0.3, -0.25) is 0 Å². The third-order valence-corrected chi connectivity index (χ3v) is 5.90. The summed E-state index contributed by atoms with van der Waals surface area (Å²) in [6, 6.07) is 16.3. The molecular formula is C27H24F4N2O2. The average Bonchev–Trinajstić information content (AvgIpc) is 3.23. The van der Waals surface area contributed by atoms with Crippen molar-refractivity contribution in [2.45, 2.75) is 26.6 Å². The number of alkyl halides is 3. The van der Waals surface area contributed by atoms with Gasteiger partial charge >= 0.3 is 12.3 Å². The highest BCUT2D eigenvalue weighted by atomic mass is 19.4. The molecule has 4 nitrogen and oxygen atoms in total. The molecule has 0 saturated carbocycles. The number of carbonyl (C=O) groups is 1. The van der Waals surface area contributed by atoms with Gasteiger partial charge in [0.2, 0.25) is 0 Å². The minimum Gasteiger partial charge on any atom is -0.410 e. The van der Waals surface area contributed by atoms with Crippen molar-refractivity contribution in [2.24, 2.45) is 0 Å². The number of hydrogen-bond donors (Lipinski definition) is 0. The standard InChI is InChI=1S/C27H24F4N2O2/c1-3-32(4-2)26(34)35-24-14-13-23-22(25(24)19-7-11-21(28)12-8-19)15-16-33(23)17-18-5-9-20(10-6-18)27(29,30)31/h5-16H,3-4,17H2,1-2H3. The number of ether oxygens (including phenoxy) is 1. The Balaban J connectivity index is 1.75. The second kappa shape index (κ2) is 9.82. The van der Waals surface area contributed by atoms with Crippen LogP contribution in [-0.4, -0.2) is 28.6 Å². The van der Waals surface area contributed by atoms with Crippen molar-refractivity contribution in [2.75, 3.05) is 13.1 Å². The van der Waals surface area contributed by atoms with Crippen LogP contribution in [0.15, 0.2) is 72.9 Å². The number of nitrogens with zero attached hydrogens (tertiary/aromatic N) is 2. The van der Waals surface area contributed by atoms with Gasteiger partial charge in [-0.15, -0.1) is 0 Å². The molecule has 8 heteroatoms. The summed E-state index contributed by atoms with van der Waals surface area (Å²) in [7, 11) is 0. The predicted molar refractivity (Wildman–Crippen MR) is 127 cm³/mol. The van der Waals surface area contributed by atoms with Crippen LogP contribution < -0.4 is 4.74 Å². The zero-order valence-electron chi connectivity index (χ0n) is 19.3. The maximum Gasteiger partial charge on any atom is 0.416 e. The molecule has 0 unspecified atom stereocenters. The van der Waals surface area contributed by atoms with Gasteiger partial charge < -0.3 is 14.2 Å². The van der Waals surface area contributed by atoms with Crippen LogP contribution in [0.1, 0.15) is 25.0 Å². The van der Waals surface area contributed by atoms with Crippen molar-refractivity contribution in [1.82, 2.24) is 9.47 Å². The zero-order valence-corrected chi connectivity index (χ0v) is 19.3. The predicted octanol–water partition coefficient (Wildman–Crippen LogP) is 7.36. The second-order valence-corrected chi connectivity index (χ2v) is 8.06. The number of halogens is 4. The molecule has 4 rings (SSSR count). The first-order valence-electron chi connectivity index (χ1n) is 11.2. The molecule has 1 aromatic heterocycles. The van der Waals surface area contributed by atoms with Crippen LogP contribution >= 0.6 is 0 Å². The van der Waals surface area contributed by atoms with Crippen LogP contribution in [0, 0.1) is 5.82 Å². The van der Waals surface area contributed by atoms with E-state index in [4.69, 9.17) is 4.74 Å². The Morgan fingerprint density at radius 1 is 0.914 bits per heavy atom. The van der Waals surface area contributed by atoms with Crippen LogP contribution in [0.25, 0.3) is 22.0 Å². The summed E-state index contributed by atoms with van der Waals surface area (Å²) in [6.45, 7) is 5.05. The van der Waals surface area contributed by atoms with Crippen molar-refractivity contribution >= 4 is 17.0 Å². The molecule has 182 valence electrons. The maximum atomic E-state index is 13.6. The Kier molecular flexibility index (Phi) is 6.82. The summed E-state index contributed by atoms with van der Waals surface area (Å²) < 4.78 is 59.9. The molecular weight excluding hydrogens is 460 g/mol. The van der Waals surface area contributed by atoms with Gasteiger partial charge in [0, 0.05) is 42.3 Å². The molecule has 0 N–H and O–H groups in total. The molecule has 0 aliphatic heterocycles. The van der Waals surface area contributed by atoms with E-state index in [9.17, 15) is 22.4 Å². The number of hydrogen-bond acceptors (Lipinski definition) is 2. The van der Waals surface area contributed by atoms with Crippen molar-refractivity contribution in [3.05, 3.63) is 89.9 Å². The number of rotatable bonds is 6. The van der Waals surface area contributed by atoms with E-state index in [1.165, 1.54) is 24.3 Å². The van der Waals surface area contributed by atoms with Gasteiger partial charge in [0.05, 0.1) is 5.56 Å². The lowest BCUT2D eigenvalue weighted by atomic mass is 10.0. The molecule has 0 fully saturated rings. The van der Waals surface area contributed by atoms with E-state index in [-0.39, 0.29) is 5.82 Å². The fourth-order valence-corrected chi connectivity index (χ4v) is 4.03. The van der Waals surface area contributed by atoms with Crippen molar-refractivity contribution < 1.29 is 27.1 Å². The summed E-state index contributed by atoms with van der Waals surface area (Å²) in [5, 5.41) is 0.772. The Labute approximate surface area is 200 Å². The summed E-state index contributed by atoms with van der Waals surface area (Å²) in [5.74, 6) is -0.0456. The van der Waals surface area contributed by atoms with E-state index in [1.807, 2.05) is 30.7 Å². The Bertz CT molecular complexity index is 1320. The van der Waals surface area contributed by atoms with Gasteiger partial charge in [0.1, 0.15) is 11.6 Å². The molecule has 0 bridgehead atoms. The second-order valence-electron chi connectivity index (χ2n) is 8.06. The molecule has 0 aliphatic rings. The van der Waals surface area contributed by atoms with Crippen LogP contribution in [0.4, 0.5) is 22.4 Å². The van der Waals surface area contributed by atoms with E-state index in [1.54, 1.807) is 29.2 Å². The van der Waals surface area contributed by atoms with E-state index in [0.29, 0.717) is 42.1 Å². The molecule has 0 atom stereocenters.